The number of halogens is 2. The molecule has 31 heavy (non-hydrogen) atoms. The lowest BCUT2D eigenvalue weighted by Gasteiger charge is -2.35. The maximum Gasteiger partial charge on any atom is 0.421 e. The fourth-order valence-corrected chi connectivity index (χ4v) is 5.70. The molecular weight excluding hydrogens is 540 g/mol. The van der Waals surface area contributed by atoms with E-state index in [-0.39, 0.29) is 46.2 Å². The molecular formula is C20H22FIN3O5S+. The zero-order valence-electron chi connectivity index (χ0n) is 16.9. The number of thiophene rings is 1. The van der Waals surface area contributed by atoms with Gasteiger partial charge in [-0.2, -0.15) is 4.48 Å². The van der Waals surface area contributed by atoms with Crippen molar-refractivity contribution in [3.63, 3.8) is 0 Å². The van der Waals surface area contributed by atoms with Crippen molar-refractivity contribution in [3.8, 4) is 0 Å². The van der Waals surface area contributed by atoms with Crippen molar-refractivity contribution in [1.29, 1.82) is 0 Å². The van der Waals surface area contributed by atoms with Gasteiger partial charge in [-0.3, -0.25) is 0 Å². The Hall–Kier alpha value is -2.09. The number of urea groups is 1. The van der Waals surface area contributed by atoms with Crippen LogP contribution in [0.2, 0.25) is 0 Å². The molecule has 1 unspecified atom stereocenters. The number of nitrogens with one attached hydrogen (secondary N) is 1. The number of carboxylic acid groups (broad SMARTS) is 1. The molecule has 1 atom stereocenters. The van der Waals surface area contributed by atoms with E-state index in [9.17, 15) is 29.0 Å². The summed E-state index contributed by atoms with van der Waals surface area (Å²) in [6.45, 7) is 2.97. The van der Waals surface area contributed by atoms with Gasteiger partial charge in [0.1, 0.15) is 28.8 Å². The lowest BCUT2D eigenvalue weighted by atomic mass is 9.84. The van der Waals surface area contributed by atoms with Crippen LogP contribution in [0.3, 0.4) is 0 Å². The molecule has 3 rings (SSSR count). The summed E-state index contributed by atoms with van der Waals surface area (Å²) >= 11 is 2.81. The van der Waals surface area contributed by atoms with Gasteiger partial charge in [0.25, 0.3) is 0 Å². The molecule has 1 aromatic carbocycles. The third kappa shape index (κ3) is 4.31. The molecule has 166 valence electrons. The summed E-state index contributed by atoms with van der Waals surface area (Å²) in [6.07, 6.45) is 0.196. The normalized spacial score (nSPS) is 20.1. The Labute approximate surface area is 195 Å². The number of hydrogen-bond donors (Lipinski definition) is 4. The summed E-state index contributed by atoms with van der Waals surface area (Å²) in [5, 5.41) is 22.3. The molecule has 1 aliphatic heterocycles. The van der Waals surface area contributed by atoms with Gasteiger partial charge in [0.05, 0.1) is 17.9 Å². The van der Waals surface area contributed by atoms with Crippen molar-refractivity contribution in [3.05, 3.63) is 43.6 Å². The number of carbonyl (C=O) groups excluding carboxylic acids is 2. The molecule has 2 heterocycles. The van der Waals surface area contributed by atoms with E-state index < -0.39 is 40.2 Å². The molecule has 11 heteroatoms. The predicted molar refractivity (Wildman–Crippen MR) is 122 cm³/mol. The van der Waals surface area contributed by atoms with Crippen LogP contribution in [0, 0.1) is 14.8 Å². The number of aromatic carboxylic acids is 1. The highest BCUT2D eigenvalue weighted by atomic mass is 127. The van der Waals surface area contributed by atoms with Gasteiger partial charge < -0.3 is 21.3 Å². The number of fused-ring (bicyclic) bond motifs is 1. The average molecular weight is 562 g/mol. The van der Waals surface area contributed by atoms with E-state index in [4.69, 9.17) is 5.73 Å². The number of aliphatic hydroxyl groups is 1. The van der Waals surface area contributed by atoms with E-state index in [0.717, 1.165) is 11.3 Å². The number of benzene rings is 1. The number of quaternary nitrogens is 1. The van der Waals surface area contributed by atoms with Crippen molar-refractivity contribution in [2.24, 2.45) is 11.1 Å². The quantitative estimate of drug-likeness (QED) is 0.326. The number of rotatable bonds is 5. The minimum Gasteiger partial charge on any atom is -0.478 e. The Morgan fingerprint density at radius 3 is 2.61 bits per heavy atom. The van der Waals surface area contributed by atoms with E-state index in [1.54, 1.807) is 19.9 Å². The SMILES string of the molecule is CC1(C)Cc2c(sc(Nc3ccc(I)cc3F)c2C(=O)O)C(=O)[N+](CCO)(C(N)=O)C1. The van der Waals surface area contributed by atoms with Crippen molar-refractivity contribution < 1.29 is 33.5 Å². The van der Waals surface area contributed by atoms with Crippen LogP contribution in [-0.2, 0) is 6.42 Å². The maximum atomic E-state index is 14.4. The Balaban J connectivity index is 2.22. The number of primary amides is 1. The molecule has 0 fully saturated rings. The van der Waals surface area contributed by atoms with Crippen molar-refractivity contribution in [2.75, 3.05) is 25.0 Å². The van der Waals surface area contributed by atoms with Crippen LogP contribution >= 0.6 is 33.9 Å². The van der Waals surface area contributed by atoms with Crippen LogP contribution in [-0.4, -0.2) is 52.3 Å². The summed E-state index contributed by atoms with van der Waals surface area (Å²) in [4.78, 5) is 38.1. The summed E-state index contributed by atoms with van der Waals surface area (Å²) in [7, 11) is 0. The highest BCUT2D eigenvalue weighted by Gasteiger charge is 2.52. The Kier molecular flexibility index (Phi) is 6.42. The Morgan fingerprint density at radius 2 is 2.06 bits per heavy atom. The standard InChI is InChI=1S/C20H21FIN3O5S/c1-20(2)8-11-14(18(28)29)16(24-13-4-3-10(22)7-12(13)21)31-15(11)17(27)25(9-20,5-6-26)19(23)30/h3-4,7,26H,5-6,8-9H2,1-2H3,(H3-,23,24,27,28,29,30)/p+1. The van der Waals surface area contributed by atoms with E-state index in [0.29, 0.717) is 3.57 Å². The van der Waals surface area contributed by atoms with Crippen LogP contribution in [0.4, 0.5) is 19.9 Å². The molecule has 0 bridgehead atoms. The van der Waals surface area contributed by atoms with Gasteiger partial charge in [0, 0.05) is 8.99 Å². The van der Waals surface area contributed by atoms with Gasteiger partial charge in [-0.05, 0) is 52.8 Å². The molecule has 3 amide bonds. The van der Waals surface area contributed by atoms with Gasteiger partial charge >= 0.3 is 17.9 Å². The topological polar surface area (TPSA) is 130 Å². The van der Waals surface area contributed by atoms with Crippen molar-refractivity contribution in [1.82, 2.24) is 0 Å². The molecule has 1 aliphatic rings. The van der Waals surface area contributed by atoms with E-state index in [2.05, 4.69) is 5.32 Å². The molecule has 0 saturated heterocycles. The van der Waals surface area contributed by atoms with Gasteiger partial charge in [0.15, 0.2) is 0 Å². The number of hydrogen-bond acceptors (Lipinski definition) is 6. The number of anilines is 2. The number of nitrogens with zero attached hydrogens (tertiary/aromatic N) is 1. The molecule has 8 nitrogen and oxygen atoms in total. The first-order valence-corrected chi connectivity index (χ1v) is 11.3. The Bertz CT molecular complexity index is 1090. The number of carboxylic acids is 1. The highest BCUT2D eigenvalue weighted by Crippen LogP contribution is 2.44. The number of aliphatic hydroxyl groups excluding tert-OH is 1. The zero-order chi connectivity index (χ0) is 23.1. The van der Waals surface area contributed by atoms with Crippen molar-refractivity contribution in [2.45, 2.75) is 20.3 Å². The minimum atomic E-state index is -1.27. The second-order valence-corrected chi connectivity index (χ2v) is 10.5. The second kappa shape index (κ2) is 8.45. The fourth-order valence-electron chi connectivity index (χ4n) is 4.00. The summed E-state index contributed by atoms with van der Waals surface area (Å²) in [6, 6.07) is 3.53. The first kappa shape index (κ1) is 23.6. The first-order chi connectivity index (χ1) is 14.4. The fraction of sp³-hybridized carbons (Fsp3) is 0.350. The summed E-state index contributed by atoms with van der Waals surface area (Å²) < 4.78 is 14.2. The summed E-state index contributed by atoms with van der Waals surface area (Å²) in [5.74, 6) is -2.50. The molecule has 0 aliphatic carbocycles. The monoisotopic (exact) mass is 562 g/mol. The molecule has 2 aromatic rings. The molecule has 1 aromatic heterocycles. The number of amides is 3. The van der Waals surface area contributed by atoms with Gasteiger partial charge in [-0.25, -0.2) is 18.8 Å². The molecule has 0 radical (unpaired) electrons. The maximum absolute atomic E-state index is 14.4. The largest absolute Gasteiger partial charge is 0.478 e. The minimum absolute atomic E-state index is 0.0245. The third-order valence-corrected chi connectivity index (χ3v) is 7.05. The third-order valence-electron chi connectivity index (χ3n) is 5.24. The van der Waals surface area contributed by atoms with Crippen molar-refractivity contribution >= 4 is 62.5 Å². The molecule has 5 N–H and O–H groups in total. The van der Waals surface area contributed by atoms with Gasteiger partial charge in [-0.15, -0.1) is 11.3 Å². The predicted octanol–water partition coefficient (Wildman–Crippen LogP) is 3.54. The van der Waals surface area contributed by atoms with Crippen LogP contribution in [0.5, 0.6) is 0 Å². The first-order valence-electron chi connectivity index (χ1n) is 9.36. The zero-order valence-corrected chi connectivity index (χ0v) is 19.8. The smallest absolute Gasteiger partial charge is 0.421 e. The Morgan fingerprint density at radius 1 is 1.39 bits per heavy atom. The highest BCUT2D eigenvalue weighted by molar-refractivity contribution is 14.1. The number of imide groups is 1. The van der Waals surface area contributed by atoms with Crippen LogP contribution in [0.25, 0.3) is 0 Å². The second-order valence-electron chi connectivity index (χ2n) is 8.23. The average Bonchev–Trinajstić information content (AvgIpc) is 2.96. The molecule has 0 saturated carbocycles. The van der Waals surface area contributed by atoms with E-state index in [1.165, 1.54) is 12.1 Å². The summed E-state index contributed by atoms with van der Waals surface area (Å²) in [5.41, 5.74) is 5.15. The van der Waals surface area contributed by atoms with E-state index >= 15 is 0 Å². The van der Waals surface area contributed by atoms with Gasteiger partial charge in [-0.1, -0.05) is 13.8 Å². The van der Waals surface area contributed by atoms with E-state index in [1.807, 2.05) is 22.6 Å². The molecule has 0 spiro atoms. The van der Waals surface area contributed by atoms with Crippen LogP contribution < -0.4 is 11.1 Å². The van der Waals surface area contributed by atoms with Crippen LogP contribution in [0.1, 0.15) is 39.4 Å². The van der Waals surface area contributed by atoms with Crippen LogP contribution in [0.15, 0.2) is 18.2 Å². The lowest BCUT2D eigenvalue weighted by Crippen LogP contribution is -2.63. The number of carbonyl (C=O) groups is 3. The lowest BCUT2D eigenvalue weighted by molar-refractivity contribution is -0.774. The van der Waals surface area contributed by atoms with Gasteiger partial charge in [0.2, 0.25) is 0 Å². The number of nitrogens with two attached hydrogens (primary N) is 1.